The summed E-state index contributed by atoms with van der Waals surface area (Å²) in [5.74, 6) is 0.272. The van der Waals surface area contributed by atoms with E-state index in [1.54, 1.807) is 11.3 Å². The van der Waals surface area contributed by atoms with Gasteiger partial charge in [0.15, 0.2) is 5.13 Å². The number of anilines is 1. The maximum Gasteiger partial charge on any atom is 0.229 e. The zero-order chi connectivity index (χ0) is 11.4. The summed E-state index contributed by atoms with van der Waals surface area (Å²) in [7, 11) is 0. The van der Waals surface area contributed by atoms with Gasteiger partial charge in [0, 0.05) is 17.0 Å². The molecule has 6 heteroatoms. The molecule has 1 aromatic heterocycles. The van der Waals surface area contributed by atoms with Gasteiger partial charge in [0.1, 0.15) is 0 Å². The lowest BCUT2D eigenvalue weighted by Gasteiger charge is -2.20. The van der Waals surface area contributed by atoms with Crippen LogP contribution in [0, 0.1) is 5.92 Å². The average molecular weight is 276 g/mol. The van der Waals surface area contributed by atoms with Gasteiger partial charge in [0.05, 0.1) is 0 Å². The van der Waals surface area contributed by atoms with Crippen LogP contribution < -0.4 is 10.6 Å². The molecule has 96 valence electrons. The van der Waals surface area contributed by atoms with Crippen molar-refractivity contribution in [3.05, 3.63) is 11.1 Å². The van der Waals surface area contributed by atoms with E-state index >= 15 is 0 Å². The van der Waals surface area contributed by atoms with Gasteiger partial charge in [-0.15, -0.1) is 23.7 Å². The predicted octanol–water partition coefficient (Wildman–Crippen LogP) is 2.07. The number of nitrogens with zero attached hydrogens (tertiary/aromatic N) is 1. The minimum atomic E-state index is 0. The standard InChI is InChI=1S/C11H17N3OS.ClH/c1-2-9-7-13-11(16-9)14-10(15)8-3-5-12-6-4-8;/h7-8,12H,2-6H2,1H3,(H,13,14,15);1H. The van der Waals surface area contributed by atoms with E-state index in [1.807, 2.05) is 6.20 Å². The lowest BCUT2D eigenvalue weighted by molar-refractivity contribution is -0.120. The normalized spacial score (nSPS) is 16.3. The number of thiazole rings is 1. The van der Waals surface area contributed by atoms with Gasteiger partial charge < -0.3 is 10.6 Å². The number of nitrogens with one attached hydrogen (secondary N) is 2. The smallest absolute Gasteiger partial charge is 0.229 e. The molecule has 2 heterocycles. The number of hydrogen-bond acceptors (Lipinski definition) is 4. The topological polar surface area (TPSA) is 54.0 Å². The van der Waals surface area contributed by atoms with Crippen molar-refractivity contribution in [3.63, 3.8) is 0 Å². The van der Waals surface area contributed by atoms with Gasteiger partial charge in [-0.25, -0.2) is 4.98 Å². The number of piperidine rings is 1. The summed E-state index contributed by atoms with van der Waals surface area (Å²) >= 11 is 1.57. The molecule has 2 rings (SSSR count). The van der Waals surface area contributed by atoms with Crippen molar-refractivity contribution in [1.29, 1.82) is 0 Å². The van der Waals surface area contributed by atoms with E-state index in [2.05, 4.69) is 22.5 Å². The zero-order valence-electron chi connectivity index (χ0n) is 9.86. The molecule has 0 spiro atoms. The molecular formula is C11H18ClN3OS. The third-order valence-corrected chi connectivity index (χ3v) is 3.90. The van der Waals surface area contributed by atoms with E-state index in [4.69, 9.17) is 0 Å². The van der Waals surface area contributed by atoms with Gasteiger partial charge in [-0.3, -0.25) is 4.79 Å². The van der Waals surface area contributed by atoms with E-state index in [9.17, 15) is 4.79 Å². The van der Waals surface area contributed by atoms with Crippen molar-refractivity contribution in [2.45, 2.75) is 26.2 Å². The molecule has 0 bridgehead atoms. The van der Waals surface area contributed by atoms with Gasteiger partial charge in [0.2, 0.25) is 5.91 Å². The highest BCUT2D eigenvalue weighted by Gasteiger charge is 2.21. The fraction of sp³-hybridized carbons (Fsp3) is 0.636. The first-order valence-corrected chi connectivity index (χ1v) is 6.57. The van der Waals surface area contributed by atoms with E-state index in [0.717, 1.165) is 37.5 Å². The number of rotatable bonds is 3. The number of amides is 1. The second-order valence-electron chi connectivity index (χ2n) is 4.00. The summed E-state index contributed by atoms with van der Waals surface area (Å²) in [4.78, 5) is 17.3. The molecule has 1 fully saturated rings. The van der Waals surface area contributed by atoms with Crippen LogP contribution in [0.4, 0.5) is 5.13 Å². The molecule has 0 unspecified atom stereocenters. The summed E-state index contributed by atoms with van der Waals surface area (Å²) in [5, 5.41) is 6.90. The fourth-order valence-corrected chi connectivity index (χ4v) is 2.58. The number of aromatic nitrogens is 1. The van der Waals surface area contributed by atoms with Gasteiger partial charge in [-0.05, 0) is 32.4 Å². The first kappa shape index (κ1) is 14.4. The Bertz CT molecular complexity index is 363. The summed E-state index contributed by atoms with van der Waals surface area (Å²) in [5.41, 5.74) is 0. The van der Waals surface area contributed by atoms with Gasteiger partial charge >= 0.3 is 0 Å². The number of hydrogen-bond donors (Lipinski definition) is 2. The highest BCUT2D eigenvalue weighted by molar-refractivity contribution is 7.15. The SMILES string of the molecule is CCc1cnc(NC(=O)C2CCNCC2)s1.Cl. The Morgan fingerprint density at radius 2 is 2.29 bits per heavy atom. The van der Waals surface area contributed by atoms with Crippen molar-refractivity contribution >= 4 is 34.8 Å². The molecule has 1 saturated heterocycles. The maximum absolute atomic E-state index is 11.9. The Hall–Kier alpha value is -0.650. The third kappa shape index (κ3) is 3.94. The Labute approximate surface area is 112 Å². The fourth-order valence-electron chi connectivity index (χ4n) is 1.82. The summed E-state index contributed by atoms with van der Waals surface area (Å²) in [6.45, 7) is 3.97. The molecule has 1 aliphatic heterocycles. The van der Waals surface area contributed by atoms with E-state index in [0.29, 0.717) is 0 Å². The van der Waals surface area contributed by atoms with Crippen molar-refractivity contribution < 1.29 is 4.79 Å². The van der Waals surface area contributed by atoms with Crippen LogP contribution in [0.2, 0.25) is 0 Å². The van der Waals surface area contributed by atoms with Crippen LogP contribution in [0.15, 0.2) is 6.20 Å². The minimum Gasteiger partial charge on any atom is -0.317 e. The monoisotopic (exact) mass is 275 g/mol. The van der Waals surface area contributed by atoms with Crippen molar-refractivity contribution in [2.24, 2.45) is 5.92 Å². The van der Waals surface area contributed by atoms with Crippen LogP contribution in [0.25, 0.3) is 0 Å². The Morgan fingerprint density at radius 1 is 1.59 bits per heavy atom. The second kappa shape index (κ2) is 6.93. The Morgan fingerprint density at radius 3 is 2.88 bits per heavy atom. The summed E-state index contributed by atoms with van der Waals surface area (Å²) in [6.07, 6.45) is 4.67. The minimum absolute atomic E-state index is 0. The van der Waals surface area contributed by atoms with Gasteiger partial charge in [-0.1, -0.05) is 6.92 Å². The number of carbonyl (C=O) groups is 1. The second-order valence-corrected chi connectivity index (χ2v) is 5.11. The zero-order valence-corrected chi connectivity index (χ0v) is 11.5. The molecule has 1 amide bonds. The molecule has 0 aliphatic carbocycles. The summed E-state index contributed by atoms with van der Waals surface area (Å²) < 4.78 is 0. The van der Waals surface area contributed by atoms with E-state index in [1.165, 1.54) is 4.88 Å². The quantitative estimate of drug-likeness (QED) is 0.888. The first-order chi connectivity index (χ1) is 7.79. The van der Waals surface area contributed by atoms with E-state index in [-0.39, 0.29) is 24.2 Å². The predicted molar refractivity (Wildman–Crippen MR) is 73.0 cm³/mol. The number of halogens is 1. The number of carbonyl (C=O) groups excluding carboxylic acids is 1. The molecule has 0 radical (unpaired) electrons. The molecule has 4 nitrogen and oxygen atoms in total. The number of aryl methyl sites for hydroxylation is 1. The highest BCUT2D eigenvalue weighted by Crippen LogP contribution is 2.20. The largest absolute Gasteiger partial charge is 0.317 e. The average Bonchev–Trinajstić information content (AvgIpc) is 2.78. The van der Waals surface area contributed by atoms with Crippen LogP contribution >= 0.6 is 23.7 Å². The van der Waals surface area contributed by atoms with Crippen LogP contribution in [-0.2, 0) is 11.2 Å². The van der Waals surface area contributed by atoms with E-state index < -0.39 is 0 Å². The van der Waals surface area contributed by atoms with Crippen molar-refractivity contribution in [1.82, 2.24) is 10.3 Å². The van der Waals surface area contributed by atoms with Crippen LogP contribution in [0.1, 0.15) is 24.6 Å². The van der Waals surface area contributed by atoms with Gasteiger partial charge in [-0.2, -0.15) is 0 Å². The molecule has 1 aromatic rings. The summed E-state index contributed by atoms with van der Waals surface area (Å²) in [6, 6.07) is 0. The molecular weight excluding hydrogens is 258 g/mol. The molecule has 0 atom stereocenters. The molecule has 2 N–H and O–H groups in total. The van der Waals surface area contributed by atoms with Crippen LogP contribution in [0.5, 0.6) is 0 Å². The van der Waals surface area contributed by atoms with Crippen LogP contribution in [0.3, 0.4) is 0 Å². The Balaban J connectivity index is 0.00000144. The molecule has 0 aromatic carbocycles. The van der Waals surface area contributed by atoms with Crippen molar-refractivity contribution in [3.8, 4) is 0 Å². The first-order valence-electron chi connectivity index (χ1n) is 5.76. The van der Waals surface area contributed by atoms with Gasteiger partial charge in [0.25, 0.3) is 0 Å². The maximum atomic E-state index is 11.9. The van der Waals surface area contributed by atoms with Crippen LogP contribution in [-0.4, -0.2) is 24.0 Å². The highest BCUT2D eigenvalue weighted by atomic mass is 35.5. The lowest BCUT2D eigenvalue weighted by Crippen LogP contribution is -2.34. The Kier molecular flexibility index (Phi) is 5.88. The lowest BCUT2D eigenvalue weighted by atomic mass is 9.97. The third-order valence-electron chi connectivity index (χ3n) is 2.84. The molecule has 0 saturated carbocycles. The molecule has 17 heavy (non-hydrogen) atoms. The molecule has 1 aliphatic rings. The van der Waals surface area contributed by atoms with Crippen molar-refractivity contribution in [2.75, 3.05) is 18.4 Å².